The summed E-state index contributed by atoms with van der Waals surface area (Å²) in [5, 5.41) is 27.2. The van der Waals surface area contributed by atoms with Gasteiger partial charge in [0.2, 0.25) is 0 Å². The van der Waals surface area contributed by atoms with E-state index in [0.29, 0.717) is 17.2 Å². The minimum absolute atomic E-state index is 0.127. The molecule has 0 unspecified atom stereocenters. The number of hydrogen-bond acceptors (Lipinski definition) is 5. The van der Waals surface area contributed by atoms with Gasteiger partial charge in [-0.3, -0.25) is 0 Å². The minimum atomic E-state index is 0.127. The van der Waals surface area contributed by atoms with E-state index in [1.54, 1.807) is 16.9 Å². The lowest BCUT2D eigenvalue weighted by Crippen LogP contribution is -2.58. The van der Waals surface area contributed by atoms with Crippen molar-refractivity contribution in [2.75, 3.05) is 0 Å². The summed E-state index contributed by atoms with van der Waals surface area (Å²) in [6.45, 7) is 9.08. The van der Waals surface area contributed by atoms with Crippen LogP contribution >= 0.6 is 0 Å². The van der Waals surface area contributed by atoms with Gasteiger partial charge >= 0.3 is 0 Å². The maximum atomic E-state index is 10.5. The summed E-state index contributed by atoms with van der Waals surface area (Å²) in [7, 11) is 0. The van der Waals surface area contributed by atoms with Crippen LogP contribution in [0.4, 0.5) is 0 Å². The molecule has 1 aromatic carbocycles. The van der Waals surface area contributed by atoms with Crippen LogP contribution in [0.3, 0.4) is 0 Å². The topological polar surface area (TPSA) is 75.9 Å². The quantitative estimate of drug-likeness (QED) is 0.699. The van der Waals surface area contributed by atoms with Gasteiger partial charge in [-0.15, -0.1) is 0 Å². The minimum Gasteiger partial charge on any atom is -0.507 e. The van der Waals surface area contributed by atoms with E-state index in [1.807, 2.05) is 36.5 Å². The third-order valence-electron chi connectivity index (χ3n) is 5.52. The summed E-state index contributed by atoms with van der Waals surface area (Å²) in [5.74, 6) is 0.741. The maximum absolute atomic E-state index is 10.5. The molecule has 4 rings (SSSR count). The van der Waals surface area contributed by atoms with E-state index in [0.717, 1.165) is 30.6 Å². The fourth-order valence-electron chi connectivity index (χ4n) is 4.89. The average molecular weight is 392 g/mol. The molecule has 0 radical (unpaired) electrons. The number of benzene rings is 1. The van der Waals surface area contributed by atoms with Crippen molar-refractivity contribution in [2.45, 2.75) is 58.0 Å². The number of piperidine rings is 1. The van der Waals surface area contributed by atoms with E-state index >= 15 is 0 Å². The van der Waals surface area contributed by atoms with Crippen LogP contribution in [0.5, 0.6) is 5.75 Å². The van der Waals surface area contributed by atoms with Crippen molar-refractivity contribution < 1.29 is 5.11 Å². The Kier molecular flexibility index (Phi) is 4.90. The normalized spacial score (nSPS) is 18.6. The molecule has 6 heteroatoms. The summed E-state index contributed by atoms with van der Waals surface area (Å²) >= 11 is 0. The Morgan fingerprint density at radius 1 is 1.07 bits per heavy atom. The van der Waals surface area contributed by atoms with E-state index in [1.165, 1.54) is 0 Å². The molecular formula is C23H29N5O. The lowest BCUT2D eigenvalue weighted by molar-refractivity contribution is 0.128. The monoisotopic (exact) mass is 391 g/mol. The van der Waals surface area contributed by atoms with Gasteiger partial charge in [0.05, 0.1) is 17.1 Å². The van der Waals surface area contributed by atoms with Gasteiger partial charge in [0.15, 0.2) is 0 Å². The van der Waals surface area contributed by atoms with Crippen molar-refractivity contribution in [3.05, 3.63) is 54.5 Å². The highest BCUT2D eigenvalue weighted by Crippen LogP contribution is 2.35. The molecule has 0 spiro atoms. The number of rotatable bonds is 4. The van der Waals surface area contributed by atoms with Crippen LogP contribution in [0, 0.1) is 5.92 Å². The summed E-state index contributed by atoms with van der Waals surface area (Å²) < 4.78 is 1.71. The van der Waals surface area contributed by atoms with Gasteiger partial charge in [0.1, 0.15) is 5.75 Å². The number of phenols is 1. The third kappa shape index (κ3) is 4.48. The fourth-order valence-corrected chi connectivity index (χ4v) is 4.89. The zero-order valence-electron chi connectivity index (χ0n) is 17.6. The predicted molar refractivity (Wildman–Crippen MR) is 114 cm³/mol. The first-order valence-corrected chi connectivity index (χ1v) is 10.2. The Balaban J connectivity index is 1.50. The number of phenolic OH excluding ortho intramolecular Hbond substituents is 1. The first-order chi connectivity index (χ1) is 13.7. The van der Waals surface area contributed by atoms with Gasteiger partial charge in [-0.25, -0.2) is 4.68 Å². The van der Waals surface area contributed by atoms with E-state index in [-0.39, 0.29) is 16.8 Å². The zero-order valence-corrected chi connectivity index (χ0v) is 17.6. The number of hydrogen-bond donors (Lipinski definition) is 2. The lowest BCUT2D eigenvalue weighted by Gasteiger charge is -2.46. The highest BCUT2D eigenvalue weighted by molar-refractivity contribution is 5.68. The highest BCUT2D eigenvalue weighted by Gasteiger charge is 2.37. The van der Waals surface area contributed by atoms with Crippen molar-refractivity contribution in [3.8, 4) is 22.7 Å². The molecular weight excluding hydrogens is 362 g/mol. The van der Waals surface area contributed by atoms with Crippen LogP contribution in [0.1, 0.15) is 46.2 Å². The molecule has 0 saturated carbocycles. The summed E-state index contributed by atoms with van der Waals surface area (Å²) in [4.78, 5) is 0. The third-order valence-corrected chi connectivity index (χ3v) is 5.52. The highest BCUT2D eigenvalue weighted by atomic mass is 16.3. The molecule has 29 heavy (non-hydrogen) atoms. The van der Waals surface area contributed by atoms with Crippen molar-refractivity contribution in [2.24, 2.45) is 5.92 Å². The van der Waals surface area contributed by atoms with Crippen LogP contribution in [0.15, 0.2) is 48.8 Å². The van der Waals surface area contributed by atoms with Crippen molar-refractivity contribution in [3.63, 3.8) is 0 Å². The molecule has 0 atom stereocenters. The summed E-state index contributed by atoms with van der Waals surface area (Å²) in [6, 6.07) is 11.3. The SMILES string of the molecule is CC1(C)CC(Cc2ccc(-c3ccc(-n4cccn4)cc3O)nn2)CC(C)(C)N1. The van der Waals surface area contributed by atoms with Gasteiger partial charge in [0, 0.05) is 35.1 Å². The Bertz CT molecular complexity index is 961. The average Bonchev–Trinajstić information content (AvgIpc) is 3.14. The molecule has 0 bridgehead atoms. The van der Waals surface area contributed by atoms with Gasteiger partial charge in [-0.2, -0.15) is 15.3 Å². The first kappa shape index (κ1) is 19.6. The number of aromatic hydroxyl groups is 1. The second-order valence-electron chi connectivity index (χ2n) is 9.43. The number of aromatic nitrogens is 4. The fraction of sp³-hybridized carbons (Fsp3) is 0.435. The van der Waals surface area contributed by atoms with Crippen LogP contribution in [-0.4, -0.2) is 36.2 Å². The maximum Gasteiger partial charge on any atom is 0.127 e. The molecule has 1 aliphatic heterocycles. The molecule has 1 fully saturated rings. The second kappa shape index (κ2) is 7.26. The molecule has 6 nitrogen and oxygen atoms in total. The van der Waals surface area contributed by atoms with Crippen molar-refractivity contribution in [1.29, 1.82) is 0 Å². The largest absolute Gasteiger partial charge is 0.507 e. The molecule has 3 aromatic rings. The van der Waals surface area contributed by atoms with Crippen LogP contribution in [0.2, 0.25) is 0 Å². The summed E-state index contributed by atoms with van der Waals surface area (Å²) in [6.07, 6.45) is 6.71. The van der Waals surface area contributed by atoms with E-state index in [2.05, 4.69) is 48.3 Å². The smallest absolute Gasteiger partial charge is 0.127 e. The van der Waals surface area contributed by atoms with Crippen LogP contribution < -0.4 is 5.32 Å². The van der Waals surface area contributed by atoms with E-state index in [9.17, 15) is 5.11 Å². The van der Waals surface area contributed by atoms with E-state index < -0.39 is 0 Å². The molecule has 152 valence electrons. The van der Waals surface area contributed by atoms with E-state index in [4.69, 9.17) is 0 Å². The second-order valence-corrected chi connectivity index (χ2v) is 9.43. The van der Waals surface area contributed by atoms with Gasteiger partial charge in [0.25, 0.3) is 0 Å². The molecule has 1 aliphatic rings. The Morgan fingerprint density at radius 2 is 1.83 bits per heavy atom. The predicted octanol–water partition coefficient (Wildman–Crippen LogP) is 4.13. The first-order valence-electron chi connectivity index (χ1n) is 10.2. The van der Waals surface area contributed by atoms with Crippen molar-refractivity contribution >= 4 is 0 Å². The molecule has 0 amide bonds. The Hall–Kier alpha value is -2.73. The molecule has 3 heterocycles. The molecule has 0 aliphatic carbocycles. The Morgan fingerprint density at radius 3 is 2.41 bits per heavy atom. The van der Waals surface area contributed by atoms with Gasteiger partial charge in [-0.1, -0.05) is 0 Å². The summed E-state index contributed by atoms with van der Waals surface area (Å²) in [5.41, 5.74) is 3.40. The molecule has 2 aromatic heterocycles. The molecule has 1 saturated heterocycles. The zero-order chi connectivity index (χ0) is 20.6. The Labute approximate surface area is 172 Å². The standard InChI is InChI=1S/C23H29N5O/c1-22(2)14-16(15-23(3,4)27-22)12-17-6-9-20(26-25-17)19-8-7-18(13-21(19)29)28-11-5-10-24-28/h5-11,13,16,27,29H,12,14-15H2,1-4H3. The lowest BCUT2D eigenvalue weighted by atomic mass is 9.74. The van der Waals surface area contributed by atoms with Gasteiger partial charge < -0.3 is 10.4 Å². The van der Waals surface area contributed by atoms with Gasteiger partial charge in [-0.05, 0) is 83.2 Å². The number of nitrogens with zero attached hydrogens (tertiary/aromatic N) is 4. The number of nitrogens with one attached hydrogen (secondary N) is 1. The molecule has 2 N–H and O–H groups in total. The van der Waals surface area contributed by atoms with Crippen LogP contribution in [0.25, 0.3) is 16.9 Å². The van der Waals surface area contributed by atoms with Crippen LogP contribution in [-0.2, 0) is 6.42 Å². The van der Waals surface area contributed by atoms with Crippen molar-refractivity contribution in [1.82, 2.24) is 25.3 Å².